The smallest absolute Gasteiger partial charge is 0.0431 e. The standard InChI is InChI=1S/C14H23N.C8H11N.C3H9N.2C3H8/c1-10(2)12-8-7-9-13(11(3)4)14(12)15(5)6;1-9(2)8-6-4-3-5-7-8;1-4(2)3;2*1-3-2/h7-11H,1-6H3;3-7H,1-2H3;1-3H3;2*3H2,1-2H3. The lowest BCUT2D eigenvalue weighted by molar-refractivity contribution is 0.505. The largest absolute Gasteiger partial charge is 0.378 e. The summed E-state index contributed by atoms with van der Waals surface area (Å²) in [7, 11) is 14.3. The Bertz CT molecular complexity index is 643. The van der Waals surface area contributed by atoms with Gasteiger partial charge in [0.1, 0.15) is 0 Å². The van der Waals surface area contributed by atoms with Gasteiger partial charge >= 0.3 is 0 Å². The number of anilines is 2. The van der Waals surface area contributed by atoms with E-state index in [1.54, 1.807) is 0 Å². The first kappa shape index (κ1) is 36.6. The molecule has 198 valence electrons. The Hall–Kier alpha value is -2.00. The number of hydrogen-bond acceptors (Lipinski definition) is 3. The summed E-state index contributed by atoms with van der Waals surface area (Å²) in [6.45, 7) is 17.5. The summed E-state index contributed by atoms with van der Waals surface area (Å²) in [5, 5.41) is 0. The van der Waals surface area contributed by atoms with Crippen molar-refractivity contribution in [2.75, 3.05) is 59.1 Å². The van der Waals surface area contributed by atoms with Gasteiger partial charge in [0, 0.05) is 39.6 Å². The second-order valence-corrected chi connectivity index (χ2v) is 9.97. The predicted octanol–water partition coefficient (Wildman–Crippen LogP) is 8.76. The third-order valence-electron chi connectivity index (χ3n) is 4.06. The first-order valence-corrected chi connectivity index (χ1v) is 12.9. The van der Waals surface area contributed by atoms with Crippen molar-refractivity contribution in [2.45, 2.75) is 80.1 Å². The van der Waals surface area contributed by atoms with Crippen molar-refractivity contribution in [1.29, 1.82) is 0 Å². The third kappa shape index (κ3) is 19.5. The Morgan fingerprint density at radius 3 is 1.06 bits per heavy atom. The summed E-state index contributed by atoms with van der Waals surface area (Å²) in [6.07, 6.45) is 2.50. The molecule has 0 aromatic heterocycles. The fourth-order valence-electron chi connectivity index (χ4n) is 2.75. The molecule has 34 heavy (non-hydrogen) atoms. The van der Waals surface area contributed by atoms with Gasteiger partial charge in [0.25, 0.3) is 0 Å². The van der Waals surface area contributed by atoms with Crippen LogP contribution in [0.5, 0.6) is 0 Å². The zero-order valence-corrected chi connectivity index (χ0v) is 25.5. The molecule has 3 nitrogen and oxygen atoms in total. The number of para-hydroxylation sites is 2. The molecule has 0 unspecified atom stereocenters. The van der Waals surface area contributed by atoms with Crippen LogP contribution in [-0.2, 0) is 0 Å². The molecule has 2 aromatic rings. The lowest BCUT2D eigenvalue weighted by Crippen LogP contribution is -2.15. The zero-order chi connectivity index (χ0) is 27.3. The van der Waals surface area contributed by atoms with E-state index in [2.05, 4.69) is 110 Å². The second kappa shape index (κ2) is 22.8. The van der Waals surface area contributed by atoms with E-state index in [1.165, 1.54) is 35.3 Å². The fourth-order valence-corrected chi connectivity index (χ4v) is 2.75. The van der Waals surface area contributed by atoms with Crippen LogP contribution in [0.1, 0.15) is 91.2 Å². The van der Waals surface area contributed by atoms with Gasteiger partial charge in [-0.2, -0.15) is 0 Å². The van der Waals surface area contributed by atoms with Gasteiger partial charge in [0.15, 0.2) is 0 Å². The minimum absolute atomic E-state index is 0.584. The molecular weight excluding hydrogens is 414 g/mol. The summed E-state index contributed by atoms with van der Waals surface area (Å²) in [5.41, 5.74) is 5.55. The van der Waals surface area contributed by atoms with E-state index in [0.717, 1.165) is 0 Å². The first-order valence-electron chi connectivity index (χ1n) is 12.9. The van der Waals surface area contributed by atoms with Crippen LogP contribution in [-0.4, -0.2) is 54.2 Å². The maximum Gasteiger partial charge on any atom is 0.0431 e. The fraction of sp³-hybridized carbons (Fsp3) is 0.613. The second-order valence-electron chi connectivity index (χ2n) is 9.97. The highest BCUT2D eigenvalue weighted by Crippen LogP contribution is 2.33. The number of benzene rings is 2. The molecule has 0 aliphatic carbocycles. The van der Waals surface area contributed by atoms with Crippen LogP contribution in [0.3, 0.4) is 0 Å². The third-order valence-corrected chi connectivity index (χ3v) is 4.06. The van der Waals surface area contributed by atoms with Gasteiger partial charge in [0.05, 0.1) is 0 Å². The molecule has 0 saturated heterocycles. The van der Waals surface area contributed by atoms with Crippen LogP contribution in [0, 0.1) is 0 Å². The Balaban J connectivity index is -0.000000427. The molecular formula is C31H59N3. The highest BCUT2D eigenvalue weighted by molar-refractivity contribution is 5.61. The van der Waals surface area contributed by atoms with Crippen molar-refractivity contribution in [3.63, 3.8) is 0 Å². The molecule has 0 atom stereocenters. The van der Waals surface area contributed by atoms with E-state index in [1.807, 2.05) is 58.3 Å². The molecule has 0 N–H and O–H groups in total. The summed E-state index contributed by atoms with van der Waals surface area (Å²) >= 11 is 0. The summed E-state index contributed by atoms with van der Waals surface area (Å²) in [4.78, 5) is 6.32. The maximum absolute atomic E-state index is 2.26. The zero-order valence-electron chi connectivity index (χ0n) is 25.5. The van der Waals surface area contributed by atoms with Crippen molar-refractivity contribution in [3.05, 3.63) is 59.7 Å². The molecule has 3 heteroatoms. The van der Waals surface area contributed by atoms with E-state index in [-0.39, 0.29) is 0 Å². The van der Waals surface area contributed by atoms with Crippen LogP contribution < -0.4 is 9.80 Å². The van der Waals surface area contributed by atoms with Crippen LogP contribution in [0.4, 0.5) is 11.4 Å². The predicted molar refractivity (Wildman–Crippen MR) is 161 cm³/mol. The van der Waals surface area contributed by atoms with Gasteiger partial charge in [0.2, 0.25) is 0 Å². The van der Waals surface area contributed by atoms with Crippen LogP contribution in [0.15, 0.2) is 48.5 Å². The summed E-state index contributed by atoms with van der Waals surface area (Å²) < 4.78 is 0. The molecule has 0 heterocycles. The van der Waals surface area contributed by atoms with Crippen LogP contribution >= 0.6 is 0 Å². The minimum atomic E-state index is 0.584. The Kier molecular flexibility index (Phi) is 24.5. The van der Waals surface area contributed by atoms with E-state index >= 15 is 0 Å². The van der Waals surface area contributed by atoms with Crippen molar-refractivity contribution < 1.29 is 0 Å². The van der Waals surface area contributed by atoms with Crippen LogP contribution in [0.2, 0.25) is 0 Å². The Morgan fingerprint density at radius 2 is 0.853 bits per heavy atom. The van der Waals surface area contributed by atoms with Crippen molar-refractivity contribution >= 4 is 11.4 Å². The number of hydrogen-bond donors (Lipinski definition) is 0. The first-order chi connectivity index (χ1) is 15.8. The molecule has 0 spiro atoms. The van der Waals surface area contributed by atoms with Gasteiger partial charge in [-0.05, 0) is 56.2 Å². The number of nitrogens with zero attached hydrogens (tertiary/aromatic N) is 3. The van der Waals surface area contributed by atoms with Gasteiger partial charge < -0.3 is 14.7 Å². The average Bonchev–Trinajstić information content (AvgIpc) is 2.75. The van der Waals surface area contributed by atoms with Crippen LogP contribution in [0.25, 0.3) is 0 Å². The maximum atomic E-state index is 2.26. The SMILES string of the molecule is CC(C)c1cccc(C(C)C)c1N(C)C.CCC.CCC.CN(C)C.CN(C)c1ccccc1. The number of rotatable bonds is 4. The monoisotopic (exact) mass is 473 g/mol. The van der Waals surface area contributed by atoms with Crippen molar-refractivity contribution in [3.8, 4) is 0 Å². The van der Waals surface area contributed by atoms with E-state index in [0.29, 0.717) is 11.8 Å². The topological polar surface area (TPSA) is 9.72 Å². The molecule has 0 aliphatic rings. The molecule has 0 bridgehead atoms. The van der Waals surface area contributed by atoms with Crippen molar-refractivity contribution in [2.24, 2.45) is 0 Å². The van der Waals surface area contributed by atoms with Gasteiger partial charge in [-0.3, -0.25) is 0 Å². The Labute approximate surface area is 215 Å². The Morgan fingerprint density at radius 1 is 0.529 bits per heavy atom. The molecule has 0 fully saturated rings. The molecule has 2 aromatic carbocycles. The normalized spacial score (nSPS) is 9.47. The molecule has 0 saturated carbocycles. The highest BCUT2D eigenvalue weighted by Gasteiger charge is 2.14. The average molecular weight is 474 g/mol. The summed E-state index contributed by atoms with van der Waals surface area (Å²) in [5.74, 6) is 1.17. The lowest BCUT2D eigenvalue weighted by atomic mass is 9.92. The minimum Gasteiger partial charge on any atom is -0.378 e. The van der Waals surface area contributed by atoms with Gasteiger partial charge in [-0.25, -0.2) is 0 Å². The van der Waals surface area contributed by atoms with E-state index in [4.69, 9.17) is 0 Å². The molecule has 0 aliphatic heterocycles. The van der Waals surface area contributed by atoms with Gasteiger partial charge in [-0.1, -0.05) is 105 Å². The summed E-state index contributed by atoms with van der Waals surface area (Å²) in [6, 6.07) is 16.9. The van der Waals surface area contributed by atoms with E-state index in [9.17, 15) is 0 Å². The van der Waals surface area contributed by atoms with Gasteiger partial charge in [-0.15, -0.1) is 0 Å². The quantitative estimate of drug-likeness (QED) is 0.439. The highest BCUT2D eigenvalue weighted by atomic mass is 15.1. The van der Waals surface area contributed by atoms with E-state index < -0.39 is 0 Å². The molecule has 2 rings (SSSR count). The molecule has 0 amide bonds. The van der Waals surface area contributed by atoms with Crippen molar-refractivity contribution in [1.82, 2.24) is 4.90 Å². The molecule has 0 radical (unpaired) electrons. The lowest BCUT2D eigenvalue weighted by Gasteiger charge is -2.25.